The molecule has 0 bridgehead atoms. The van der Waals surface area contributed by atoms with Gasteiger partial charge in [-0.05, 0) is 54.4 Å². The highest BCUT2D eigenvalue weighted by atomic mass is 16.6. The van der Waals surface area contributed by atoms with Gasteiger partial charge in [0.15, 0.2) is 0 Å². The highest BCUT2D eigenvalue weighted by Crippen LogP contribution is 2.26. The largest absolute Gasteiger partial charge is 0.497 e. The van der Waals surface area contributed by atoms with Crippen LogP contribution in [0.15, 0.2) is 119 Å². The van der Waals surface area contributed by atoms with Crippen LogP contribution >= 0.6 is 0 Å². The summed E-state index contributed by atoms with van der Waals surface area (Å²) in [5.41, 5.74) is 5.77. The molecule has 210 valence electrons. The van der Waals surface area contributed by atoms with E-state index in [4.69, 9.17) is 4.74 Å². The molecule has 5 rings (SSSR count). The number of aromatic amines is 1. The number of rotatable bonds is 9. The van der Waals surface area contributed by atoms with Crippen LogP contribution in [0.25, 0.3) is 16.9 Å². The molecule has 1 heterocycles. The standard InChI is InChI=1S/C32H27N5O5/c1-21(33-34-31(38)29(22-9-5-3-6-10-22)23-11-7-4-8-12-23)28-30(24-13-19-27(42-2)20-14-24)35-36(32(28)39)25-15-17-26(18-16-25)37(40)41/h3-20,29,35H,1-2H3,(H,34,38). The Balaban J connectivity index is 1.55. The Kier molecular flexibility index (Phi) is 8.05. The fraction of sp³-hybridized carbons (Fsp3) is 0.0938. The molecule has 4 aromatic carbocycles. The number of ether oxygens (including phenoxy) is 1. The SMILES string of the molecule is COc1ccc(-c2[nH]n(-c3ccc([N+](=O)[O-])cc3)c(=O)c2C(C)=NNC(=O)C(c2ccccc2)c2ccccc2)cc1. The quantitative estimate of drug-likeness (QED) is 0.141. The second-order valence-electron chi connectivity index (χ2n) is 9.43. The molecule has 1 amide bonds. The minimum absolute atomic E-state index is 0.0965. The maximum absolute atomic E-state index is 13.7. The van der Waals surface area contributed by atoms with Gasteiger partial charge in [-0.15, -0.1) is 0 Å². The molecule has 0 saturated heterocycles. The van der Waals surface area contributed by atoms with Crippen LogP contribution in [0.2, 0.25) is 0 Å². The second kappa shape index (κ2) is 12.2. The molecule has 0 aliphatic carbocycles. The van der Waals surface area contributed by atoms with E-state index in [1.54, 1.807) is 38.3 Å². The number of nitrogens with zero attached hydrogens (tertiary/aromatic N) is 3. The van der Waals surface area contributed by atoms with E-state index in [1.165, 1.54) is 28.9 Å². The zero-order valence-electron chi connectivity index (χ0n) is 22.9. The predicted octanol–water partition coefficient (Wildman–Crippen LogP) is 5.42. The number of carbonyl (C=O) groups is 1. The van der Waals surface area contributed by atoms with Crippen molar-refractivity contribution in [3.8, 4) is 22.7 Å². The number of nitrogens with one attached hydrogen (secondary N) is 2. The highest BCUT2D eigenvalue weighted by Gasteiger charge is 2.24. The lowest BCUT2D eigenvalue weighted by Gasteiger charge is -2.16. The molecule has 2 N–H and O–H groups in total. The summed E-state index contributed by atoms with van der Waals surface area (Å²) >= 11 is 0. The second-order valence-corrected chi connectivity index (χ2v) is 9.43. The molecule has 0 saturated carbocycles. The molecular formula is C32H27N5O5. The van der Waals surface area contributed by atoms with Gasteiger partial charge in [-0.25, -0.2) is 10.1 Å². The number of benzene rings is 4. The number of aromatic nitrogens is 2. The zero-order chi connectivity index (χ0) is 29.6. The van der Waals surface area contributed by atoms with Crippen LogP contribution in [0, 0.1) is 10.1 Å². The molecule has 1 aromatic heterocycles. The summed E-state index contributed by atoms with van der Waals surface area (Å²) in [5, 5.41) is 18.6. The summed E-state index contributed by atoms with van der Waals surface area (Å²) in [5.74, 6) is -0.333. The molecule has 0 atom stereocenters. The number of nitro groups is 1. The number of carbonyl (C=O) groups excluding carboxylic acids is 1. The van der Waals surface area contributed by atoms with Gasteiger partial charge in [0.05, 0.1) is 40.6 Å². The molecular weight excluding hydrogens is 534 g/mol. The normalized spacial score (nSPS) is 11.4. The van der Waals surface area contributed by atoms with Crippen molar-refractivity contribution >= 4 is 17.3 Å². The lowest BCUT2D eigenvalue weighted by atomic mass is 9.91. The van der Waals surface area contributed by atoms with Crippen molar-refractivity contribution in [1.29, 1.82) is 0 Å². The summed E-state index contributed by atoms with van der Waals surface area (Å²) < 4.78 is 6.56. The van der Waals surface area contributed by atoms with E-state index in [9.17, 15) is 19.7 Å². The van der Waals surface area contributed by atoms with E-state index in [2.05, 4.69) is 15.6 Å². The number of amides is 1. The number of hydrazone groups is 1. The van der Waals surface area contributed by atoms with E-state index in [0.29, 0.717) is 22.7 Å². The van der Waals surface area contributed by atoms with Crippen molar-refractivity contribution < 1.29 is 14.5 Å². The third-order valence-electron chi connectivity index (χ3n) is 6.81. The molecule has 5 aromatic rings. The lowest BCUT2D eigenvalue weighted by molar-refractivity contribution is -0.384. The smallest absolute Gasteiger partial charge is 0.281 e. The molecule has 10 heteroatoms. The molecule has 42 heavy (non-hydrogen) atoms. The van der Waals surface area contributed by atoms with Gasteiger partial charge in [0.2, 0.25) is 0 Å². The molecule has 0 unspecified atom stereocenters. The summed E-state index contributed by atoms with van der Waals surface area (Å²) in [6, 6.07) is 31.5. The van der Waals surface area contributed by atoms with Gasteiger partial charge in [-0.3, -0.25) is 24.8 Å². The molecule has 10 nitrogen and oxygen atoms in total. The predicted molar refractivity (Wildman–Crippen MR) is 160 cm³/mol. The minimum Gasteiger partial charge on any atom is -0.497 e. The Hall–Kier alpha value is -5.77. The van der Waals surface area contributed by atoms with Crippen LogP contribution in [-0.4, -0.2) is 33.4 Å². The van der Waals surface area contributed by atoms with Gasteiger partial charge in [0.1, 0.15) is 5.75 Å². The Labute approximate surface area is 241 Å². The molecule has 0 fully saturated rings. The third-order valence-corrected chi connectivity index (χ3v) is 6.81. The number of non-ortho nitro benzene ring substituents is 1. The average molecular weight is 562 g/mol. The first-order chi connectivity index (χ1) is 20.4. The number of hydrogen-bond acceptors (Lipinski definition) is 6. The van der Waals surface area contributed by atoms with E-state index in [-0.39, 0.29) is 22.9 Å². The van der Waals surface area contributed by atoms with E-state index < -0.39 is 16.4 Å². The Morgan fingerprint density at radius 2 is 1.48 bits per heavy atom. The first-order valence-corrected chi connectivity index (χ1v) is 13.1. The topological polar surface area (TPSA) is 132 Å². The third kappa shape index (κ3) is 5.73. The van der Waals surface area contributed by atoms with Crippen LogP contribution in [0.5, 0.6) is 5.75 Å². The maximum atomic E-state index is 13.7. The first-order valence-electron chi connectivity index (χ1n) is 13.1. The van der Waals surface area contributed by atoms with Crippen LogP contribution in [-0.2, 0) is 4.79 Å². The van der Waals surface area contributed by atoms with Crippen molar-refractivity contribution in [3.63, 3.8) is 0 Å². The summed E-state index contributed by atoms with van der Waals surface area (Å²) in [6.45, 7) is 1.64. The molecule has 0 aliphatic heterocycles. The maximum Gasteiger partial charge on any atom is 0.281 e. The van der Waals surface area contributed by atoms with Gasteiger partial charge < -0.3 is 4.74 Å². The van der Waals surface area contributed by atoms with E-state index in [1.807, 2.05) is 60.7 Å². The Bertz CT molecular complexity index is 1750. The molecule has 0 spiro atoms. The van der Waals surface area contributed by atoms with Crippen molar-refractivity contribution in [1.82, 2.24) is 15.2 Å². The molecule has 0 radical (unpaired) electrons. The Morgan fingerprint density at radius 1 is 0.905 bits per heavy atom. The van der Waals surface area contributed by atoms with Crippen LogP contribution in [0.1, 0.15) is 29.5 Å². The summed E-state index contributed by atoms with van der Waals surface area (Å²) in [6.07, 6.45) is 0. The van der Waals surface area contributed by atoms with Gasteiger partial charge in [0, 0.05) is 17.7 Å². The monoisotopic (exact) mass is 561 g/mol. The van der Waals surface area contributed by atoms with E-state index in [0.717, 1.165) is 11.1 Å². The van der Waals surface area contributed by atoms with Gasteiger partial charge in [-0.2, -0.15) is 5.10 Å². The number of nitro benzene ring substituents is 1. The molecule has 0 aliphatic rings. The first kappa shape index (κ1) is 27.8. The van der Waals surface area contributed by atoms with Gasteiger partial charge >= 0.3 is 0 Å². The van der Waals surface area contributed by atoms with Crippen molar-refractivity contribution in [2.75, 3.05) is 7.11 Å². The number of hydrogen-bond donors (Lipinski definition) is 2. The lowest BCUT2D eigenvalue weighted by Crippen LogP contribution is -2.28. The average Bonchev–Trinajstić information content (AvgIpc) is 3.38. The summed E-state index contributed by atoms with van der Waals surface area (Å²) in [4.78, 5) is 37.9. The van der Waals surface area contributed by atoms with Crippen molar-refractivity contribution in [2.45, 2.75) is 12.8 Å². The van der Waals surface area contributed by atoms with Crippen LogP contribution in [0.4, 0.5) is 5.69 Å². The van der Waals surface area contributed by atoms with Crippen LogP contribution < -0.4 is 15.7 Å². The zero-order valence-corrected chi connectivity index (χ0v) is 22.9. The van der Waals surface area contributed by atoms with Crippen molar-refractivity contribution in [2.24, 2.45) is 5.10 Å². The fourth-order valence-corrected chi connectivity index (χ4v) is 4.69. The highest BCUT2D eigenvalue weighted by molar-refractivity contribution is 6.04. The number of H-pyrrole nitrogens is 1. The van der Waals surface area contributed by atoms with E-state index >= 15 is 0 Å². The van der Waals surface area contributed by atoms with Crippen LogP contribution in [0.3, 0.4) is 0 Å². The minimum atomic E-state index is -0.618. The Morgan fingerprint density at radius 3 is 2.00 bits per heavy atom. The van der Waals surface area contributed by atoms with Crippen molar-refractivity contribution in [3.05, 3.63) is 146 Å². The summed E-state index contributed by atoms with van der Waals surface area (Å²) in [7, 11) is 1.56. The van der Waals surface area contributed by atoms with Gasteiger partial charge in [0.25, 0.3) is 17.2 Å². The fourth-order valence-electron chi connectivity index (χ4n) is 4.69. The van der Waals surface area contributed by atoms with Gasteiger partial charge in [-0.1, -0.05) is 60.7 Å². The number of methoxy groups -OCH3 is 1.